The van der Waals surface area contributed by atoms with Crippen LogP contribution in [0, 0.1) is 0 Å². The highest BCUT2D eigenvalue weighted by Crippen LogP contribution is 2.34. The van der Waals surface area contributed by atoms with E-state index in [4.69, 9.17) is 9.97 Å². The minimum atomic E-state index is 0.759. The summed E-state index contributed by atoms with van der Waals surface area (Å²) in [5, 5.41) is 3.14. The van der Waals surface area contributed by atoms with Gasteiger partial charge in [-0.2, -0.15) is 0 Å². The topological polar surface area (TPSA) is 77.3 Å². The number of aromatic nitrogens is 6. The normalized spacial score (nSPS) is 11.8. The summed E-state index contributed by atoms with van der Waals surface area (Å²) in [5.74, 6) is 0. The molecule has 6 heterocycles. The van der Waals surface area contributed by atoms with Gasteiger partial charge in [-0.3, -0.25) is 4.98 Å². The second kappa shape index (κ2) is 5.20. The Hall–Kier alpha value is -3.10. The van der Waals surface area contributed by atoms with Gasteiger partial charge in [0.2, 0.25) is 0 Å². The average molecular weight is 372 g/mol. The number of hydrogen-bond acceptors (Lipinski definition) is 8. The molecule has 0 fully saturated rings. The molecule has 8 heteroatoms. The quantitative estimate of drug-likeness (QED) is 0.424. The van der Waals surface area contributed by atoms with Crippen molar-refractivity contribution in [3.8, 4) is 11.4 Å². The Morgan fingerprint density at radius 2 is 1.54 bits per heavy atom. The van der Waals surface area contributed by atoms with Gasteiger partial charge in [0, 0.05) is 28.6 Å². The maximum atomic E-state index is 4.78. The van der Waals surface area contributed by atoms with E-state index in [2.05, 4.69) is 26.0 Å². The molecule has 0 amide bonds. The summed E-state index contributed by atoms with van der Waals surface area (Å²) in [6.45, 7) is 0. The zero-order valence-electron chi connectivity index (χ0n) is 13.1. The Labute approximate surface area is 154 Å². The van der Waals surface area contributed by atoms with Gasteiger partial charge in [0.25, 0.3) is 0 Å². The first-order valence-corrected chi connectivity index (χ1v) is 9.50. The van der Waals surface area contributed by atoms with Crippen LogP contribution in [0.5, 0.6) is 0 Å². The predicted octanol–water partition coefficient (Wildman–Crippen LogP) is 4.46. The van der Waals surface area contributed by atoms with Crippen molar-refractivity contribution in [3.05, 3.63) is 49.2 Å². The van der Waals surface area contributed by atoms with E-state index in [0.717, 1.165) is 52.4 Å². The highest BCUT2D eigenvalue weighted by molar-refractivity contribution is 7.25. The molecule has 6 aromatic heterocycles. The number of thiophene rings is 2. The first-order chi connectivity index (χ1) is 12.9. The lowest BCUT2D eigenvalue weighted by Crippen LogP contribution is -1.88. The maximum Gasteiger partial charge on any atom is 0.145 e. The lowest BCUT2D eigenvalue weighted by molar-refractivity contribution is 1.24. The van der Waals surface area contributed by atoms with Gasteiger partial charge in [-0.1, -0.05) is 22.7 Å². The predicted molar refractivity (Wildman–Crippen MR) is 104 cm³/mol. The van der Waals surface area contributed by atoms with E-state index in [1.54, 1.807) is 41.4 Å². The molecule has 0 saturated heterocycles. The van der Waals surface area contributed by atoms with E-state index in [9.17, 15) is 0 Å². The Morgan fingerprint density at radius 3 is 2.54 bits per heavy atom. The smallest absolute Gasteiger partial charge is 0.145 e. The molecule has 26 heavy (non-hydrogen) atoms. The minimum Gasteiger partial charge on any atom is -0.251 e. The van der Waals surface area contributed by atoms with Gasteiger partial charge < -0.3 is 0 Å². The lowest BCUT2D eigenvalue weighted by atomic mass is 10.2. The van der Waals surface area contributed by atoms with Crippen molar-refractivity contribution >= 4 is 63.7 Å². The number of hydrogen-bond donors (Lipinski definition) is 0. The summed E-state index contributed by atoms with van der Waals surface area (Å²) in [6.07, 6.45) is 6.97. The van der Waals surface area contributed by atoms with Gasteiger partial charge in [-0.05, 0) is 24.3 Å². The molecule has 0 saturated carbocycles. The molecule has 6 rings (SSSR count). The van der Waals surface area contributed by atoms with E-state index in [0.29, 0.717) is 0 Å². The van der Waals surface area contributed by atoms with E-state index in [-0.39, 0.29) is 0 Å². The summed E-state index contributed by atoms with van der Waals surface area (Å²) >= 11 is 3.11. The molecule has 0 unspecified atom stereocenters. The zero-order valence-corrected chi connectivity index (χ0v) is 14.8. The van der Waals surface area contributed by atoms with Crippen molar-refractivity contribution in [2.75, 3.05) is 0 Å². The first-order valence-electron chi connectivity index (χ1n) is 7.87. The highest BCUT2D eigenvalue weighted by atomic mass is 32.1. The van der Waals surface area contributed by atoms with Crippen molar-refractivity contribution in [2.45, 2.75) is 0 Å². The fourth-order valence-electron chi connectivity index (χ4n) is 3.04. The highest BCUT2D eigenvalue weighted by Gasteiger charge is 2.13. The molecular formula is C18H8N6S2. The van der Waals surface area contributed by atoms with Gasteiger partial charge in [0.1, 0.15) is 36.9 Å². The van der Waals surface area contributed by atoms with Gasteiger partial charge in [0.05, 0.1) is 11.9 Å². The fourth-order valence-corrected chi connectivity index (χ4v) is 5.00. The van der Waals surface area contributed by atoms with Crippen molar-refractivity contribution in [3.63, 3.8) is 0 Å². The Kier molecular flexibility index (Phi) is 2.82. The van der Waals surface area contributed by atoms with Crippen LogP contribution in [0.2, 0.25) is 0 Å². The molecule has 0 aliphatic heterocycles. The second-order valence-electron chi connectivity index (χ2n) is 5.76. The van der Waals surface area contributed by atoms with Crippen LogP contribution in [0.1, 0.15) is 0 Å². The summed E-state index contributed by atoms with van der Waals surface area (Å²) < 4.78 is 0. The molecule has 0 aliphatic rings. The molecule has 0 aliphatic carbocycles. The third-order valence-corrected chi connectivity index (χ3v) is 6.26. The first kappa shape index (κ1) is 14.1. The van der Waals surface area contributed by atoms with Crippen LogP contribution >= 0.6 is 22.7 Å². The zero-order chi connectivity index (χ0) is 17.1. The fraction of sp³-hybridized carbons (Fsp3) is 0. The monoisotopic (exact) mass is 372 g/mol. The van der Waals surface area contributed by atoms with Crippen molar-refractivity contribution in [1.82, 2.24) is 29.9 Å². The summed E-state index contributed by atoms with van der Waals surface area (Å²) in [5.41, 5.74) is 2.45. The second-order valence-corrected chi connectivity index (χ2v) is 7.72. The van der Waals surface area contributed by atoms with Gasteiger partial charge in [-0.15, -0.1) is 0 Å². The molecule has 122 valence electrons. The van der Waals surface area contributed by atoms with Crippen LogP contribution in [0.4, 0.5) is 0 Å². The standard InChI is InChI=1S/C18H8N6S2/c1-2-10-14-18(26-15(10)20-5-1)24-13(7-21-14)12-4-3-9-11-6-19-8-22-16(11)25-17(9)23-12/h1-8H. The molecule has 0 aromatic carbocycles. The van der Waals surface area contributed by atoms with Crippen LogP contribution in [-0.2, 0) is 0 Å². The number of fused-ring (bicyclic) bond motifs is 6. The van der Waals surface area contributed by atoms with Gasteiger partial charge in [0.15, 0.2) is 0 Å². The number of pyridine rings is 2. The molecule has 6 nitrogen and oxygen atoms in total. The molecule has 0 radical (unpaired) electrons. The van der Waals surface area contributed by atoms with Crippen LogP contribution in [-0.4, -0.2) is 29.9 Å². The van der Waals surface area contributed by atoms with Crippen LogP contribution in [0.15, 0.2) is 49.2 Å². The molecule has 0 spiro atoms. The Balaban J connectivity index is 1.57. The van der Waals surface area contributed by atoms with Crippen LogP contribution in [0.3, 0.4) is 0 Å². The Bertz CT molecular complexity index is 1340. The molecule has 0 bridgehead atoms. The van der Waals surface area contributed by atoms with Gasteiger partial charge in [-0.25, -0.2) is 24.9 Å². The maximum absolute atomic E-state index is 4.78. The third kappa shape index (κ3) is 1.97. The molecular weight excluding hydrogens is 364 g/mol. The van der Waals surface area contributed by atoms with Crippen molar-refractivity contribution < 1.29 is 0 Å². The van der Waals surface area contributed by atoms with Crippen LogP contribution in [0.25, 0.3) is 52.4 Å². The number of nitrogens with zero attached hydrogens (tertiary/aromatic N) is 6. The van der Waals surface area contributed by atoms with Crippen molar-refractivity contribution in [1.29, 1.82) is 0 Å². The number of rotatable bonds is 1. The van der Waals surface area contributed by atoms with E-state index in [1.165, 1.54) is 0 Å². The molecule has 0 N–H and O–H groups in total. The van der Waals surface area contributed by atoms with Crippen LogP contribution < -0.4 is 0 Å². The van der Waals surface area contributed by atoms with Crippen molar-refractivity contribution in [2.24, 2.45) is 0 Å². The Morgan fingerprint density at radius 1 is 0.654 bits per heavy atom. The minimum absolute atomic E-state index is 0.759. The van der Waals surface area contributed by atoms with Gasteiger partial charge >= 0.3 is 0 Å². The largest absolute Gasteiger partial charge is 0.251 e. The van der Waals surface area contributed by atoms with E-state index in [1.807, 2.05) is 24.4 Å². The summed E-state index contributed by atoms with van der Waals surface area (Å²) in [6, 6.07) is 7.98. The average Bonchev–Trinajstić information content (AvgIpc) is 3.24. The molecule has 6 aromatic rings. The lowest BCUT2D eigenvalue weighted by Gasteiger charge is -2.00. The summed E-state index contributed by atoms with van der Waals surface area (Å²) in [7, 11) is 0. The van der Waals surface area contributed by atoms with E-state index < -0.39 is 0 Å². The van der Waals surface area contributed by atoms with E-state index >= 15 is 0 Å². The SMILES string of the molecule is c1cnc2sc3nc(-c4ccc5c(n4)sc4ncncc45)cnc3c2c1. The third-order valence-electron chi connectivity index (χ3n) is 4.24. The summed E-state index contributed by atoms with van der Waals surface area (Å²) in [4.78, 5) is 30.7. The molecule has 0 atom stereocenters.